The summed E-state index contributed by atoms with van der Waals surface area (Å²) in [4.78, 5) is 12.0. The minimum absolute atomic E-state index is 0.0961. The van der Waals surface area contributed by atoms with Crippen LogP contribution in [0.25, 0.3) is 0 Å². The Kier molecular flexibility index (Phi) is 3.25. The van der Waals surface area contributed by atoms with E-state index in [0.29, 0.717) is 17.8 Å². The Morgan fingerprint density at radius 1 is 1.08 bits per heavy atom. The van der Waals surface area contributed by atoms with Crippen LogP contribution < -0.4 is 0 Å². The van der Waals surface area contributed by atoms with Gasteiger partial charge in [0.2, 0.25) is 5.79 Å². The highest BCUT2D eigenvalue weighted by atomic mass is 17.3. The Morgan fingerprint density at radius 3 is 2.75 bits per heavy atom. The first-order valence-electron chi connectivity index (χ1n) is 9.27. The molecule has 1 unspecified atom stereocenters. The summed E-state index contributed by atoms with van der Waals surface area (Å²) in [7, 11) is 0. The molecule has 4 aliphatic heterocycles. The highest BCUT2D eigenvalue weighted by Gasteiger charge is 2.69. The zero-order valence-electron chi connectivity index (χ0n) is 14.6. The molecule has 0 aromatic carbocycles. The van der Waals surface area contributed by atoms with Crippen molar-refractivity contribution in [1.82, 2.24) is 0 Å². The van der Waals surface area contributed by atoms with Gasteiger partial charge in [-0.3, -0.25) is 0 Å². The maximum atomic E-state index is 6.48. The number of hydrogen-bond acceptors (Lipinski definition) is 5. The largest absolute Gasteiger partial charge is 0.467 e. The number of furan rings is 1. The summed E-state index contributed by atoms with van der Waals surface area (Å²) in [5.41, 5.74) is -0.490. The molecule has 1 saturated carbocycles. The lowest BCUT2D eigenvalue weighted by Gasteiger charge is -2.60. The predicted molar refractivity (Wildman–Crippen MR) is 84.5 cm³/mol. The number of ether oxygens (including phenoxy) is 2. The van der Waals surface area contributed by atoms with Crippen molar-refractivity contribution >= 4 is 0 Å². The van der Waals surface area contributed by atoms with Gasteiger partial charge in [-0.1, -0.05) is 13.8 Å². The topological polar surface area (TPSA) is 50.1 Å². The molecule has 5 heteroatoms. The smallest absolute Gasteiger partial charge is 0.201 e. The van der Waals surface area contributed by atoms with Crippen LogP contribution in [0.5, 0.6) is 0 Å². The Hall–Kier alpha value is -0.880. The van der Waals surface area contributed by atoms with E-state index in [0.717, 1.165) is 25.0 Å². The van der Waals surface area contributed by atoms with Crippen LogP contribution in [0.4, 0.5) is 0 Å². The van der Waals surface area contributed by atoms with Crippen LogP contribution in [0, 0.1) is 23.7 Å². The van der Waals surface area contributed by atoms with E-state index >= 15 is 0 Å². The average molecular weight is 334 g/mol. The highest BCUT2D eigenvalue weighted by molar-refractivity contribution is 5.14. The molecule has 0 amide bonds. The van der Waals surface area contributed by atoms with Gasteiger partial charge in [0.1, 0.15) is 11.9 Å². The molecule has 8 atom stereocenters. The zero-order valence-corrected chi connectivity index (χ0v) is 14.6. The molecule has 5 fully saturated rings. The predicted octanol–water partition coefficient (Wildman–Crippen LogP) is 4.20. The van der Waals surface area contributed by atoms with Crippen LogP contribution in [-0.2, 0) is 19.2 Å². The molecule has 0 N–H and O–H groups in total. The van der Waals surface area contributed by atoms with E-state index in [2.05, 4.69) is 13.8 Å². The van der Waals surface area contributed by atoms with Crippen molar-refractivity contribution in [3.8, 4) is 0 Å². The minimum atomic E-state index is -0.716. The Balaban J connectivity index is 1.60. The molecule has 1 aromatic rings. The van der Waals surface area contributed by atoms with Gasteiger partial charge in [0.15, 0.2) is 11.9 Å². The van der Waals surface area contributed by atoms with Crippen LogP contribution in [0.1, 0.15) is 58.3 Å². The molecular formula is C19H26O5. The Labute approximate surface area is 142 Å². The molecule has 24 heavy (non-hydrogen) atoms. The Bertz CT molecular complexity index is 615. The average Bonchev–Trinajstić information content (AvgIpc) is 2.99. The van der Waals surface area contributed by atoms with E-state index in [9.17, 15) is 0 Å². The van der Waals surface area contributed by atoms with Gasteiger partial charge in [0, 0.05) is 12.3 Å². The zero-order chi connectivity index (χ0) is 16.5. The van der Waals surface area contributed by atoms with Crippen molar-refractivity contribution < 1.29 is 23.7 Å². The van der Waals surface area contributed by atoms with E-state index in [1.807, 2.05) is 19.1 Å². The van der Waals surface area contributed by atoms with E-state index < -0.39 is 17.7 Å². The van der Waals surface area contributed by atoms with Gasteiger partial charge in [0.05, 0.1) is 6.26 Å². The third-order valence-electron chi connectivity index (χ3n) is 6.98. The molecule has 4 saturated heterocycles. The number of fused-ring (bicyclic) bond motifs is 2. The molecule has 132 valence electrons. The van der Waals surface area contributed by atoms with E-state index in [-0.39, 0.29) is 12.0 Å². The summed E-state index contributed by atoms with van der Waals surface area (Å²) in [6.07, 6.45) is 5.45. The third-order valence-corrected chi connectivity index (χ3v) is 6.98. The summed E-state index contributed by atoms with van der Waals surface area (Å²) >= 11 is 0. The third kappa shape index (κ3) is 1.90. The standard InChI is InChI=1S/C19H26O5/c1-11-6-7-14-12(2)16(15-5-4-10-20-15)21-17-19(14)13(11)8-9-18(3,22-17)23-24-19/h4-5,10-14,16-17H,6-9H2,1-3H3/t11-,12-,13+,14+,16?,17-,18-,19-/m1/s1. The van der Waals surface area contributed by atoms with Crippen molar-refractivity contribution in [3.63, 3.8) is 0 Å². The molecule has 6 rings (SSSR count). The molecule has 1 aromatic heterocycles. The first-order chi connectivity index (χ1) is 11.5. The summed E-state index contributed by atoms with van der Waals surface area (Å²) in [5.74, 6) is 1.79. The molecular weight excluding hydrogens is 308 g/mol. The van der Waals surface area contributed by atoms with Crippen molar-refractivity contribution in [1.29, 1.82) is 0 Å². The van der Waals surface area contributed by atoms with Gasteiger partial charge in [0.25, 0.3) is 0 Å². The van der Waals surface area contributed by atoms with E-state index in [1.165, 1.54) is 6.42 Å². The summed E-state index contributed by atoms with van der Waals surface area (Å²) in [6, 6.07) is 3.92. The maximum absolute atomic E-state index is 6.48. The maximum Gasteiger partial charge on any atom is 0.201 e. The lowest BCUT2D eigenvalue weighted by atomic mass is 9.57. The van der Waals surface area contributed by atoms with Crippen molar-refractivity contribution in [3.05, 3.63) is 24.2 Å². The molecule has 5 heterocycles. The quantitative estimate of drug-likeness (QED) is 0.720. The van der Waals surface area contributed by atoms with Gasteiger partial charge in [-0.15, -0.1) is 0 Å². The van der Waals surface area contributed by atoms with Gasteiger partial charge in [-0.05, 0) is 56.1 Å². The first kappa shape index (κ1) is 15.4. The highest BCUT2D eigenvalue weighted by Crippen LogP contribution is 2.62. The molecule has 1 aliphatic carbocycles. The number of hydrogen-bond donors (Lipinski definition) is 0. The van der Waals surface area contributed by atoms with Gasteiger partial charge in [-0.2, -0.15) is 0 Å². The van der Waals surface area contributed by atoms with Crippen LogP contribution in [-0.4, -0.2) is 17.7 Å². The van der Waals surface area contributed by atoms with Gasteiger partial charge >= 0.3 is 0 Å². The van der Waals surface area contributed by atoms with Gasteiger partial charge < -0.3 is 13.9 Å². The molecule has 5 nitrogen and oxygen atoms in total. The monoisotopic (exact) mass is 334 g/mol. The summed E-state index contributed by atoms with van der Waals surface area (Å²) in [6.45, 7) is 6.54. The first-order valence-corrected chi connectivity index (χ1v) is 9.27. The van der Waals surface area contributed by atoms with Crippen LogP contribution >= 0.6 is 0 Å². The fourth-order valence-corrected chi connectivity index (χ4v) is 5.68. The SMILES string of the molecule is C[C@@H]1CC[C@H]2[C@@H](C)C(c3ccco3)O[C@@H]3O[C@@]4(C)CC[C@@H]1[C@]32OO4. The number of rotatable bonds is 1. The van der Waals surface area contributed by atoms with Crippen molar-refractivity contribution in [2.45, 2.75) is 70.2 Å². The summed E-state index contributed by atoms with van der Waals surface area (Å²) < 4.78 is 18.5. The van der Waals surface area contributed by atoms with Crippen LogP contribution in [0.2, 0.25) is 0 Å². The molecule has 0 radical (unpaired) electrons. The second-order valence-corrected chi connectivity index (χ2v) is 8.34. The van der Waals surface area contributed by atoms with Crippen LogP contribution in [0.15, 0.2) is 22.8 Å². The molecule has 2 bridgehead atoms. The van der Waals surface area contributed by atoms with E-state index in [4.69, 9.17) is 23.7 Å². The lowest BCUT2D eigenvalue weighted by Crippen LogP contribution is -2.69. The van der Waals surface area contributed by atoms with Crippen molar-refractivity contribution in [2.75, 3.05) is 0 Å². The molecule has 5 aliphatic rings. The van der Waals surface area contributed by atoms with Crippen molar-refractivity contribution in [2.24, 2.45) is 23.7 Å². The second kappa shape index (κ2) is 5.07. The minimum Gasteiger partial charge on any atom is -0.467 e. The second-order valence-electron chi connectivity index (χ2n) is 8.34. The fraction of sp³-hybridized carbons (Fsp3) is 0.789. The van der Waals surface area contributed by atoms with Gasteiger partial charge in [-0.25, -0.2) is 9.78 Å². The normalized spacial score (nSPS) is 53.5. The van der Waals surface area contributed by atoms with Crippen LogP contribution in [0.3, 0.4) is 0 Å². The lowest BCUT2D eigenvalue weighted by molar-refractivity contribution is -0.572. The summed E-state index contributed by atoms with van der Waals surface area (Å²) in [5, 5.41) is 0. The Morgan fingerprint density at radius 2 is 1.96 bits per heavy atom. The van der Waals surface area contributed by atoms with E-state index in [1.54, 1.807) is 6.26 Å². The molecule has 1 spiro atoms. The fourth-order valence-electron chi connectivity index (χ4n) is 5.68.